The summed E-state index contributed by atoms with van der Waals surface area (Å²) in [6, 6.07) is 15.3. The minimum Gasteiger partial charge on any atom is -0.480 e. The molecule has 9 heteroatoms. The molecule has 31 heavy (non-hydrogen) atoms. The van der Waals surface area contributed by atoms with Gasteiger partial charge in [-0.3, -0.25) is 19.0 Å². The third-order valence-electron chi connectivity index (χ3n) is 4.42. The zero-order valence-corrected chi connectivity index (χ0v) is 16.1. The molecule has 154 valence electrons. The van der Waals surface area contributed by atoms with Gasteiger partial charge in [-0.1, -0.05) is 36.4 Å². The van der Waals surface area contributed by atoms with Crippen LogP contribution in [0.4, 0.5) is 5.69 Å². The van der Waals surface area contributed by atoms with E-state index in [1.54, 1.807) is 54.6 Å². The van der Waals surface area contributed by atoms with Crippen molar-refractivity contribution in [3.8, 4) is 22.8 Å². The molecule has 2 N–H and O–H groups in total. The van der Waals surface area contributed by atoms with E-state index in [1.807, 2.05) is 0 Å². The van der Waals surface area contributed by atoms with Crippen LogP contribution in [0.5, 0.6) is 0 Å². The predicted octanol–water partition coefficient (Wildman–Crippen LogP) is 2.90. The maximum atomic E-state index is 12.9. The summed E-state index contributed by atoms with van der Waals surface area (Å²) >= 11 is 0. The molecule has 0 unspecified atom stereocenters. The number of benzene rings is 2. The van der Waals surface area contributed by atoms with Gasteiger partial charge >= 0.3 is 5.97 Å². The lowest BCUT2D eigenvalue weighted by molar-refractivity contribution is -0.137. The Bertz CT molecular complexity index is 1300. The molecular weight excluding hydrogens is 400 g/mol. The number of hydrogen-bond acceptors (Lipinski definition) is 6. The van der Waals surface area contributed by atoms with Crippen molar-refractivity contribution in [2.45, 2.75) is 6.54 Å². The Hall–Kier alpha value is -4.53. The van der Waals surface area contributed by atoms with Crippen LogP contribution in [0, 0.1) is 0 Å². The van der Waals surface area contributed by atoms with E-state index in [1.165, 1.54) is 18.7 Å². The second-order valence-electron chi connectivity index (χ2n) is 6.52. The Kier molecular flexibility index (Phi) is 5.39. The summed E-state index contributed by atoms with van der Waals surface area (Å²) in [7, 11) is 0. The van der Waals surface area contributed by atoms with Crippen LogP contribution in [-0.4, -0.2) is 31.5 Å². The van der Waals surface area contributed by atoms with Crippen molar-refractivity contribution in [1.82, 2.24) is 14.5 Å². The molecule has 0 aliphatic rings. The van der Waals surface area contributed by atoms with Gasteiger partial charge in [0.2, 0.25) is 5.89 Å². The van der Waals surface area contributed by atoms with E-state index in [4.69, 9.17) is 4.42 Å². The van der Waals surface area contributed by atoms with Gasteiger partial charge in [-0.25, -0.2) is 9.97 Å². The van der Waals surface area contributed by atoms with Gasteiger partial charge in [-0.2, -0.15) is 0 Å². The monoisotopic (exact) mass is 416 g/mol. The van der Waals surface area contributed by atoms with E-state index in [9.17, 15) is 19.5 Å². The van der Waals surface area contributed by atoms with Crippen LogP contribution in [0.1, 0.15) is 10.4 Å². The second-order valence-corrected chi connectivity index (χ2v) is 6.52. The molecule has 0 saturated heterocycles. The average molecular weight is 416 g/mol. The Morgan fingerprint density at radius 2 is 1.81 bits per heavy atom. The highest BCUT2D eigenvalue weighted by molar-refractivity contribution is 6.04. The molecule has 0 spiro atoms. The Balaban J connectivity index is 1.67. The number of carboxylic acids is 1. The van der Waals surface area contributed by atoms with Crippen molar-refractivity contribution >= 4 is 17.6 Å². The van der Waals surface area contributed by atoms with Crippen molar-refractivity contribution in [3.63, 3.8) is 0 Å². The minimum atomic E-state index is -1.21. The molecule has 0 atom stereocenters. The van der Waals surface area contributed by atoms with E-state index < -0.39 is 24.0 Å². The van der Waals surface area contributed by atoms with Crippen LogP contribution in [0.15, 0.2) is 82.5 Å². The summed E-state index contributed by atoms with van der Waals surface area (Å²) in [6.07, 6.45) is 4.14. The summed E-state index contributed by atoms with van der Waals surface area (Å²) < 4.78 is 6.25. The molecule has 2 aromatic heterocycles. The van der Waals surface area contributed by atoms with Crippen LogP contribution in [-0.2, 0) is 11.3 Å². The molecular formula is C22H16N4O5. The van der Waals surface area contributed by atoms with Crippen molar-refractivity contribution in [2.75, 3.05) is 5.32 Å². The van der Waals surface area contributed by atoms with Crippen LogP contribution in [0.25, 0.3) is 22.8 Å². The van der Waals surface area contributed by atoms with Gasteiger partial charge < -0.3 is 14.8 Å². The van der Waals surface area contributed by atoms with Gasteiger partial charge in [0.05, 0.1) is 12.4 Å². The standard InChI is InChI=1S/C22H16N4O5/c27-18(28)13-26-19(14-5-2-1-3-6-14)24-12-17(22(26)30)25-20(29)15-7-4-8-16(11-15)21-23-9-10-31-21/h1-12H,13H2,(H,25,29)(H,27,28). The van der Waals surface area contributed by atoms with E-state index in [-0.39, 0.29) is 17.1 Å². The number of oxazole rings is 1. The molecule has 0 radical (unpaired) electrons. The quantitative estimate of drug-likeness (QED) is 0.495. The predicted molar refractivity (Wildman–Crippen MR) is 111 cm³/mol. The van der Waals surface area contributed by atoms with Gasteiger partial charge in [0, 0.05) is 16.7 Å². The summed E-state index contributed by atoms with van der Waals surface area (Å²) in [4.78, 5) is 45.3. The minimum absolute atomic E-state index is 0.132. The number of carbonyl (C=O) groups excluding carboxylic acids is 1. The first kappa shape index (κ1) is 19.8. The summed E-state index contributed by atoms with van der Waals surface area (Å²) in [5, 5.41) is 11.8. The van der Waals surface area contributed by atoms with Crippen LogP contribution in [0.3, 0.4) is 0 Å². The molecule has 0 bridgehead atoms. The molecule has 0 saturated carbocycles. The Morgan fingerprint density at radius 3 is 2.52 bits per heavy atom. The van der Waals surface area contributed by atoms with Crippen molar-refractivity contribution in [1.29, 1.82) is 0 Å². The molecule has 2 heterocycles. The smallest absolute Gasteiger partial charge is 0.323 e. The highest BCUT2D eigenvalue weighted by atomic mass is 16.4. The van der Waals surface area contributed by atoms with Crippen molar-refractivity contribution in [2.24, 2.45) is 0 Å². The third kappa shape index (κ3) is 4.25. The van der Waals surface area contributed by atoms with Crippen LogP contribution < -0.4 is 10.9 Å². The first-order valence-corrected chi connectivity index (χ1v) is 9.21. The van der Waals surface area contributed by atoms with Gasteiger partial charge in [0.25, 0.3) is 11.5 Å². The molecule has 4 rings (SSSR count). The topological polar surface area (TPSA) is 127 Å². The second kappa shape index (κ2) is 8.46. The Labute approximate surface area is 175 Å². The van der Waals surface area contributed by atoms with Crippen LogP contribution in [0.2, 0.25) is 0 Å². The highest BCUT2D eigenvalue weighted by Gasteiger charge is 2.17. The first-order valence-electron chi connectivity index (χ1n) is 9.21. The maximum Gasteiger partial charge on any atom is 0.323 e. The molecule has 1 amide bonds. The fourth-order valence-electron chi connectivity index (χ4n) is 3.03. The fraction of sp³-hybridized carbons (Fsp3) is 0.0455. The number of carboxylic acid groups (broad SMARTS) is 1. The number of anilines is 1. The highest BCUT2D eigenvalue weighted by Crippen LogP contribution is 2.19. The number of nitrogens with one attached hydrogen (secondary N) is 1. The van der Waals surface area contributed by atoms with Gasteiger partial charge in [-0.15, -0.1) is 0 Å². The van der Waals surface area contributed by atoms with Gasteiger partial charge in [0.1, 0.15) is 24.3 Å². The van der Waals surface area contributed by atoms with Crippen molar-refractivity contribution in [3.05, 3.63) is 89.2 Å². The summed E-state index contributed by atoms with van der Waals surface area (Å²) in [6.45, 7) is -0.598. The summed E-state index contributed by atoms with van der Waals surface area (Å²) in [5.74, 6) is -1.21. The average Bonchev–Trinajstić information content (AvgIpc) is 3.32. The molecule has 0 fully saturated rings. The fourth-order valence-corrected chi connectivity index (χ4v) is 3.03. The van der Waals surface area contributed by atoms with Crippen LogP contribution >= 0.6 is 0 Å². The lowest BCUT2D eigenvalue weighted by atomic mass is 10.1. The third-order valence-corrected chi connectivity index (χ3v) is 4.42. The largest absolute Gasteiger partial charge is 0.480 e. The molecule has 0 aliphatic carbocycles. The van der Waals surface area contributed by atoms with Gasteiger partial charge in [-0.05, 0) is 18.2 Å². The van der Waals surface area contributed by atoms with E-state index in [0.717, 1.165) is 4.57 Å². The molecule has 2 aromatic carbocycles. The lowest BCUT2D eigenvalue weighted by Gasteiger charge is -2.13. The maximum absolute atomic E-state index is 12.9. The molecule has 9 nitrogen and oxygen atoms in total. The number of hydrogen-bond donors (Lipinski definition) is 2. The number of aromatic nitrogens is 3. The van der Waals surface area contributed by atoms with E-state index in [2.05, 4.69) is 15.3 Å². The number of carbonyl (C=O) groups is 2. The zero-order chi connectivity index (χ0) is 21.8. The lowest BCUT2D eigenvalue weighted by Crippen LogP contribution is -2.30. The number of nitrogens with zero attached hydrogens (tertiary/aromatic N) is 3. The van der Waals surface area contributed by atoms with E-state index >= 15 is 0 Å². The Morgan fingerprint density at radius 1 is 1.03 bits per heavy atom. The molecule has 0 aliphatic heterocycles. The number of amides is 1. The molecule has 4 aromatic rings. The zero-order valence-electron chi connectivity index (χ0n) is 16.1. The first-order chi connectivity index (χ1) is 15.0. The SMILES string of the molecule is O=C(O)Cn1c(-c2ccccc2)ncc(NC(=O)c2cccc(-c3ncco3)c2)c1=O. The number of rotatable bonds is 6. The van der Waals surface area contributed by atoms with Gasteiger partial charge in [0.15, 0.2) is 0 Å². The van der Waals surface area contributed by atoms with Crippen molar-refractivity contribution < 1.29 is 19.1 Å². The summed E-state index contributed by atoms with van der Waals surface area (Å²) in [5.41, 5.74) is 0.642. The normalized spacial score (nSPS) is 10.6. The number of aliphatic carboxylic acids is 1. The van der Waals surface area contributed by atoms with E-state index in [0.29, 0.717) is 17.0 Å².